The highest BCUT2D eigenvalue weighted by Gasteiger charge is 2.02. The van der Waals surface area contributed by atoms with Crippen LogP contribution in [0, 0.1) is 0 Å². The van der Waals surface area contributed by atoms with E-state index in [0.717, 1.165) is 12.8 Å². The molecule has 0 fully saturated rings. The fourth-order valence-corrected chi connectivity index (χ4v) is 4.69. The van der Waals surface area contributed by atoms with Gasteiger partial charge >= 0.3 is 5.97 Å². The highest BCUT2D eigenvalue weighted by atomic mass is 35.5. The summed E-state index contributed by atoms with van der Waals surface area (Å²) in [5, 5.41) is 0. The first kappa shape index (κ1) is 25.0. The van der Waals surface area contributed by atoms with Crippen molar-refractivity contribution in [3.8, 4) is 0 Å². The molecular formula is C20H38Cl2O2Si. The van der Waals surface area contributed by atoms with Crippen LogP contribution in [0.15, 0.2) is 12.2 Å². The van der Waals surface area contributed by atoms with Gasteiger partial charge in [-0.1, -0.05) is 89.7 Å². The van der Waals surface area contributed by atoms with Crippen molar-refractivity contribution < 1.29 is 9.53 Å². The number of rotatable bonds is 18. The van der Waals surface area contributed by atoms with E-state index in [4.69, 9.17) is 27.9 Å². The van der Waals surface area contributed by atoms with E-state index in [9.17, 15) is 4.79 Å². The van der Waals surface area contributed by atoms with Crippen LogP contribution < -0.4 is 0 Å². The number of hydrogen-bond acceptors (Lipinski definition) is 2. The van der Waals surface area contributed by atoms with Crippen LogP contribution in [0.3, 0.4) is 0 Å². The molecule has 0 bridgehead atoms. The second-order valence-electron chi connectivity index (χ2n) is 7.05. The van der Waals surface area contributed by atoms with Gasteiger partial charge in [0.05, 0.1) is 20.6 Å². The van der Waals surface area contributed by atoms with Crippen molar-refractivity contribution in [1.82, 2.24) is 0 Å². The highest BCUT2D eigenvalue weighted by molar-refractivity contribution is 6.68. The van der Waals surface area contributed by atoms with Gasteiger partial charge in [0, 0.05) is 5.57 Å². The molecular weight excluding hydrogens is 371 g/mol. The Morgan fingerprint density at radius 1 is 0.840 bits per heavy atom. The van der Waals surface area contributed by atoms with Gasteiger partial charge < -0.3 is 4.74 Å². The molecule has 0 unspecified atom stereocenters. The summed E-state index contributed by atoms with van der Waals surface area (Å²) in [5.74, 6) is -0.263. The number of carbonyl (C=O) groups excluding carboxylic acids is 1. The molecule has 148 valence electrons. The molecule has 0 aromatic carbocycles. The van der Waals surface area contributed by atoms with Gasteiger partial charge in [0.1, 0.15) is 0 Å². The van der Waals surface area contributed by atoms with Crippen molar-refractivity contribution in [2.24, 2.45) is 0 Å². The number of ether oxygens (including phenoxy) is 1. The van der Waals surface area contributed by atoms with E-state index >= 15 is 0 Å². The first-order chi connectivity index (χ1) is 12.0. The van der Waals surface area contributed by atoms with Gasteiger partial charge in [-0.05, 0) is 13.3 Å². The molecule has 25 heavy (non-hydrogen) atoms. The van der Waals surface area contributed by atoms with E-state index < -0.39 is 0 Å². The van der Waals surface area contributed by atoms with Gasteiger partial charge in [0.25, 0.3) is 0 Å². The normalized spacial score (nSPS) is 11.5. The Balaban J connectivity index is 3.07. The van der Waals surface area contributed by atoms with Gasteiger partial charge in [0.2, 0.25) is 0 Å². The molecule has 5 heteroatoms. The van der Waals surface area contributed by atoms with E-state index in [-0.39, 0.29) is 19.9 Å². The van der Waals surface area contributed by atoms with E-state index in [1.54, 1.807) is 6.92 Å². The van der Waals surface area contributed by atoms with Gasteiger partial charge in [-0.25, -0.2) is 4.79 Å². The smallest absolute Gasteiger partial charge is 0.333 e. The monoisotopic (exact) mass is 408 g/mol. The fourth-order valence-electron chi connectivity index (χ4n) is 2.81. The Bertz CT molecular complexity index is 336. The number of alkyl halides is 2. The van der Waals surface area contributed by atoms with E-state index in [0.29, 0.717) is 12.2 Å². The van der Waals surface area contributed by atoms with Gasteiger partial charge in [-0.15, -0.1) is 23.2 Å². The molecule has 0 spiro atoms. The average molecular weight is 410 g/mol. The van der Waals surface area contributed by atoms with E-state index in [1.807, 2.05) is 0 Å². The zero-order chi connectivity index (χ0) is 18.8. The summed E-state index contributed by atoms with van der Waals surface area (Å²) in [4.78, 5) is 11.2. The summed E-state index contributed by atoms with van der Waals surface area (Å²) in [5.41, 5.74) is 0.484. The fraction of sp³-hybridized carbons (Fsp3) is 0.850. The van der Waals surface area contributed by atoms with Crippen molar-refractivity contribution in [2.75, 3.05) is 6.61 Å². The molecule has 0 rings (SSSR count). The van der Waals surface area contributed by atoms with Crippen LogP contribution in [0.5, 0.6) is 0 Å². The summed E-state index contributed by atoms with van der Waals surface area (Å²) in [7, 11) is -0.219. The lowest BCUT2D eigenvalue weighted by molar-refractivity contribution is -0.139. The lowest BCUT2D eigenvalue weighted by atomic mass is 10.0. The molecule has 0 radical (unpaired) electrons. The maximum atomic E-state index is 11.2. The molecule has 0 saturated heterocycles. The molecule has 0 aromatic rings. The molecule has 0 aliphatic heterocycles. The van der Waals surface area contributed by atoms with Crippen molar-refractivity contribution in [3.05, 3.63) is 12.2 Å². The third-order valence-corrected chi connectivity index (χ3v) is 7.05. The first-order valence-corrected chi connectivity index (χ1v) is 12.8. The summed E-state index contributed by atoms with van der Waals surface area (Å²) < 4.78 is 5.04. The number of unbranched alkanes of at least 4 members (excludes halogenated alkanes) is 12. The minimum absolute atomic E-state index is 0.0425. The Kier molecular flexibility index (Phi) is 18.8. The van der Waals surface area contributed by atoms with Crippen molar-refractivity contribution in [3.63, 3.8) is 0 Å². The highest BCUT2D eigenvalue weighted by Crippen LogP contribution is 2.13. The number of halogens is 2. The van der Waals surface area contributed by atoms with Crippen LogP contribution in [-0.4, -0.2) is 26.6 Å². The molecule has 0 aromatic heterocycles. The third-order valence-electron chi connectivity index (χ3n) is 4.40. The second kappa shape index (κ2) is 18.8. The summed E-state index contributed by atoms with van der Waals surface area (Å²) in [6.07, 6.45) is 17.0. The van der Waals surface area contributed by atoms with Crippen LogP contribution in [-0.2, 0) is 9.53 Å². The Labute approximate surface area is 167 Å². The predicted octanol–water partition coefficient (Wildman–Crippen LogP) is 6.53. The van der Waals surface area contributed by atoms with Gasteiger partial charge in [0.15, 0.2) is 0 Å². The molecule has 0 saturated carbocycles. The Morgan fingerprint density at radius 3 is 1.64 bits per heavy atom. The molecule has 0 aliphatic rings. The molecule has 0 atom stereocenters. The topological polar surface area (TPSA) is 26.3 Å². The van der Waals surface area contributed by atoms with E-state index in [1.165, 1.54) is 76.7 Å². The molecule has 0 aliphatic carbocycles. The average Bonchev–Trinajstić information content (AvgIpc) is 2.57. The molecule has 0 N–H and O–H groups in total. The number of esters is 1. The Hall–Kier alpha value is 0.00688. The zero-order valence-electron chi connectivity index (χ0n) is 16.2. The van der Waals surface area contributed by atoms with E-state index in [2.05, 4.69) is 6.58 Å². The quantitative estimate of drug-likeness (QED) is 0.0846. The largest absolute Gasteiger partial charge is 0.462 e. The Morgan fingerprint density at radius 2 is 1.24 bits per heavy atom. The maximum Gasteiger partial charge on any atom is 0.333 e. The zero-order valence-corrected chi connectivity index (χ0v) is 19.1. The number of carbonyl (C=O) groups is 1. The summed E-state index contributed by atoms with van der Waals surface area (Å²) in [6.45, 7) is 5.79. The van der Waals surface area contributed by atoms with Gasteiger partial charge in [-0.3, -0.25) is 0 Å². The maximum absolute atomic E-state index is 11.2. The third kappa shape index (κ3) is 20.2. The second-order valence-corrected chi connectivity index (χ2v) is 11.5. The van der Waals surface area contributed by atoms with Crippen LogP contribution in [0.2, 0.25) is 6.04 Å². The first-order valence-electron chi connectivity index (χ1n) is 10.1. The lowest BCUT2D eigenvalue weighted by Crippen LogP contribution is -2.05. The SMILES string of the molecule is C=C(C)C(=O)OCCCCCCCCCCCCCCC[SiH2]C(Cl)Cl. The van der Waals surface area contributed by atoms with Crippen LogP contribution in [0.4, 0.5) is 0 Å². The van der Waals surface area contributed by atoms with Crippen LogP contribution in [0.25, 0.3) is 0 Å². The molecule has 0 heterocycles. The van der Waals surface area contributed by atoms with Crippen LogP contribution in [0.1, 0.15) is 90.4 Å². The predicted molar refractivity (Wildman–Crippen MR) is 115 cm³/mol. The lowest BCUT2D eigenvalue weighted by Gasteiger charge is -2.05. The summed E-state index contributed by atoms with van der Waals surface area (Å²) in [6, 6.07) is 1.30. The molecule has 2 nitrogen and oxygen atoms in total. The standard InChI is InChI=1S/C20H38Cl2O2Si/c1-18(2)19(23)24-16-14-12-10-8-6-4-3-5-7-9-11-13-15-17-25-20(21)22/h20H,1,3-17,25H2,2H3. The molecule has 0 amide bonds. The van der Waals surface area contributed by atoms with Crippen molar-refractivity contribution in [2.45, 2.75) is 101 Å². The minimum Gasteiger partial charge on any atom is -0.462 e. The minimum atomic E-state index is -0.263. The van der Waals surface area contributed by atoms with Gasteiger partial charge in [-0.2, -0.15) is 0 Å². The number of hydrogen-bond donors (Lipinski definition) is 0. The van der Waals surface area contributed by atoms with Crippen molar-refractivity contribution >= 4 is 38.7 Å². The summed E-state index contributed by atoms with van der Waals surface area (Å²) >= 11 is 11.5. The van der Waals surface area contributed by atoms with Crippen LogP contribution >= 0.6 is 23.2 Å². The van der Waals surface area contributed by atoms with Crippen molar-refractivity contribution in [1.29, 1.82) is 0 Å².